The van der Waals surface area contributed by atoms with E-state index >= 15 is 0 Å². The van der Waals surface area contributed by atoms with Crippen molar-refractivity contribution < 1.29 is 0 Å². The molecule has 0 aliphatic rings. The van der Waals surface area contributed by atoms with Crippen LogP contribution in [0.2, 0.25) is 10.0 Å². The van der Waals surface area contributed by atoms with Crippen LogP contribution in [0.15, 0.2) is 28.6 Å². The number of halogens is 2. The minimum Gasteiger partial charge on any atom is -0.356 e. The summed E-state index contributed by atoms with van der Waals surface area (Å²) in [5.41, 5.74) is 2.20. The molecule has 0 atom stereocenters. The maximum Gasteiger partial charge on any atom is 0.193 e. The van der Waals surface area contributed by atoms with Crippen LogP contribution in [0, 0.1) is 6.92 Å². The predicted octanol–water partition coefficient (Wildman–Crippen LogP) is 4.01. The fourth-order valence-electron chi connectivity index (χ4n) is 2.20. The number of hydrogen-bond acceptors (Lipinski definition) is 3. The zero-order chi connectivity index (χ0) is 16.8. The second-order valence-electron chi connectivity index (χ2n) is 5.19. The Bertz CT molecular complexity index is 684. The number of rotatable bonds is 5. The molecular formula is C16H20Cl2N4S. The third-order valence-electron chi connectivity index (χ3n) is 3.31. The first-order chi connectivity index (χ1) is 11.0. The number of aromatic nitrogens is 1. The van der Waals surface area contributed by atoms with Gasteiger partial charge in [-0.2, -0.15) is 0 Å². The maximum absolute atomic E-state index is 6.06. The molecule has 4 nitrogen and oxygen atoms in total. The number of nitrogens with zero attached hydrogens (tertiary/aromatic N) is 3. The van der Waals surface area contributed by atoms with Gasteiger partial charge in [0.1, 0.15) is 0 Å². The summed E-state index contributed by atoms with van der Waals surface area (Å²) in [5, 5.41) is 7.69. The lowest BCUT2D eigenvalue weighted by Gasteiger charge is -2.22. The fraction of sp³-hybridized carbons (Fsp3) is 0.375. The van der Waals surface area contributed by atoms with E-state index in [2.05, 4.69) is 20.7 Å². The number of benzene rings is 1. The van der Waals surface area contributed by atoms with Gasteiger partial charge in [-0.3, -0.25) is 4.99 Å². The first-order valence-corrected chi connectivity index (χ1v) is 8.90. The minimum atomic E-state index is 0.569. The summed E-state index contributed by atoms with van der Waals surface area (Å²) in [4.78, 5) is 10.8. The largest absolute Gasteiger partial charge is 0.356 e. The van der Waals surface area contributed by atoms with E-state index in [-0.39, 0.29) is 0 Å². The van der Waals surface area contributed by atoms with Crippen molar-refractivity contribution >= 4 is 40.5 Å². The number of aliphatic imine (C=N–C) groups is 1. The van der Waals surface area contributed by atoms with Crippen LogP contribution in [0.4, 0.5) is 0 Å². The molecule has 2 aromatic rings. The second kappa shape index (κ2) is 8.52. The van der Waals surface area contributed by atoms with Crippen molar-refractivity contribution in [2.75, 3.05) is 20.6 Å². The molecule has 1 aromatic carbocycles. The van der Waals surface area contributed by atoms with Gasteiger partial charge in [-0.25, -0.2) is 4.98 Å². The van der Waals surface area contributed by atoms with Gasteiger partial charge < -0.3 is 10.2 Å². The Kier molecular flexibility index (Phi) is 6.69. The highest BCUT2D eigenvalue weighted by Gasteiger charge is 2.08. The van der Waals surface area contributed by atoms with Gasteiger partial charge in [0.25, 0.3) is 0 Å². The van der Waals surface area contributed by atoms with Crippen LogP contribution < -0.4 is 5.32 Å². The van der Waals surface area contributed by atoms with Gasteiger partial charge in [-0.05, 0) is 24.6 Å². The monoisotopic (exact) mass is 370 g/mol. The molecule has 1 aromatic heterocycles. The molecule has 0 radical (unpaired) electrons. The molecule has 0 saturated heterocycles. The van der Waals surface area contributed by atoms with Crippen molar-refractivity contribution in [3.63, 3.8) is 0 Å². The molecule has 0 bridgehead atoms. The lowest BCUT2D eigenvalue weighted by Crippen LogP contribution is -2.39. The van der Waals surface area contributed by atoms with E-state index in [9.17, 15) is 0 Å². The van der Waals surface area contributed by atoms with Crippen LogP contribution in [-0.4, -0.2) is 36.5 Å². The molecule has 0 aliphatic heterocycles. The van der Waals surface area contributed by atoms with Gasteiger partial charge in [0.05, 0.1) is 20.7 Å². The van der Waals surface area contributed by atoms with Crippen molar-refractivity contribution in [3.05, 3.63) is 49.9 Å². The highest BCUT2D eigenvalue weighted by atomic mass is 35.5. The highest BCUT2D eigenvalue weighted by Crippen LogP contribution is 2.23. The van der Waals surface area contributed by atoms with Crippen molar-refractivity contribution in [2.45, 2.75) is 19.9 Å². The molecule has 0 fully saturated rings. The van der Waals surface area contributed by atoms with E-state index in [1.807, 2.05) is 37.1 Å². The molecule has 0 unspecified atom stereocenters. The number of aryl methyl sites for hydroxylation is 1. The topological polar surface area (TPSA) is 40.5 Å². The van der Waals surface area contributed by atoms with Crippen molar-refractivity contribution in [1.29, 1.82) is 0 Å². The Labute approximate surface area is 151 Å². The van der Waals surface area contributed by atoms with E-state index in [1.165, 1.54) is 0 Å². The van der Waals surface area contributed by atoms with E-state index < -0.39 is 0 Å². The van der Waals surface area contributed by atoms with Gasteiger partial charge in [0.2, 0.25) is 0 Å². The molecule has 1 heterocycles. The standard InChI is InChI=1S/C16H20Cl2N4S/c1-11-21-13(10-23-11)6-7-20-16(19-2)22(3)9-12-4-5-14(17)15(18)8-12/h4-5,8,10H,6-7,9H2,1-3H3,(H,19,20). The average Bonchev–Trinajstić information content (AvgIpc) is 2.93. The average molecular weight is 371 g/mol. The van der Waals surface area contributed by atoms with Crippen LogP contribution in [-0.2, 0) is 13.0 Å². The van der Waals surface area contributed by atoms with E-state index in [0.717, 1.165) is 35.2 Å². The third kappa shape index (κ3) is 5.37. The van der Waals surface area contributed by atoms with Crippen LogP contribution in [0.5, 0.6) is 0 Å². The van der Waals surface area contributed by atoms with Crippen LogP contribution in [0.1, 0.15) is 16.3 Å². The summed E-state index contributed by atoms with van der Waals surface area (Å²) in [7, 11) is 3.77. The Hall–Kier alpha value is -1.30. The van der Waals surface area contributed by atoms with Gasteiger partial charge in [0, 0.05) is 39.0 Å². The quantitative estimate of drug-likeness (QED) is 0.638. The normalized spacial score (nSPS) is 11.6. The summed E-state index contributed by atoms with van der Waals surface area (Å²) in [5.74, 6) is 0.836. The SMILES string of the molecule is CN=C(NCCc1csc(C)n1)N(C)Cc1ccc(Cl)c(Cl)c1. The van der Waals surface area contributed by atoms with Crippen LogP contribution in [0.3, 0.4) is 0 Å². The van der Waals surface area contributed by atoms with Gasteiger partial charge >= 0.3 is 0 Å². The highest BCUT2D eigenvalue weighted by molar-refractivity contribution is 7.09. The Balaban J connectivity index is 1.88. The summed E-state index contributed by atoms with van der Waals surface area (Å²) in [6.07, 6.45) is 0.879. The lowest BCUT2D eigenvalue weighted by atomic mass is 10.2. The lowest BCUT2D eigenvalue weighted by molar-refractivity contribution is 0.477. The first-order valence-electron chi connectivity index (χ1n) is 7.26. The molecule has 7 heteroatoms. The molecular weight excluding hydrogens is 351 g/mol. The van der Waals surface area contributed by atoms with Gasteiger partial charge in [0.15, 0.2) is 5.96 Å². The Morgan fingerprint density at radius 2 is 2.13 bits per heavy atom. The maximum atomic E-state index is 6.06. The van der Waals surface area contributed by atoms with E-state index in [4.69, 9.17) is 23.2 Å². The summed E-state index contributed by atoms with van der Waals surface area (Å²) in [6, 6.07) is 5.66. The molecule has 2 rings (SSSR count). The number of thiazole rings is 1. The van der Waals surface area contributed by atoms with Crippen molar-refractivity contribution in [2.24, 2.45) is 4.99 Å². The molecule has 0 saturated carbocycles. The molecule has 124 valence electrons. The van der Waals surface area contributed by atoms with Gasteiger partial charge in [-0.1, -0.05) is 29.3 Å². The third-order valence-corrected chi connectivity index (χ3v) is 4.87. The predicted molar refractivity (Wildman–Crippen MR) is 99.8 cm³/mol. The van der Waals surface area contributed by atoms with Crippen molar-refractivity contribution in [1.82, 2.24) is 15.2 Å². The van der Waals surface area contributed by atoms with E-state index in [0.29, 0.717) is 16.6 Å². The summed E-state index contributed by atoms with van der Waals surface area (Å²) < 4.78 is 0. The minimum absolute atomic E-state index is 0.569. The van der Waals surface area contributed by atoms with Gasteiger partial charge in [-0.15, -0.1) is 11.3 Å². The van der Waals surface area contributed by atoms with Crippen LogP contribution in [0.25, 0.3) is 0 Å². The molecule has 0 aliphatic carbocycles. The zero-order valence-electron chi connectivity index (χ0n) is 13.4. The van der Waals surface area contributed by atoms with Crippen molar-refractivity contribution in [3.8, 4) is 0 Å². The van der Waals surface area contributed by atoms with E-state index in [1.54, 1.807) is 18.4 Å². The molecule has 23 heavy (non-hydrogen) atoms. The Morgan fingerprint density at radius 1 is 1.35 bits per heavy atom. The number of nitrogens with one attached hydrogen (secondary N) is 1. The smallest absolute Gasteiger partial charge is 0.193 e. The fourth-order valence-corrected chi connectivity index (χ4v) is 3.16. The number of hydrogen-bond donors (Lipinski definition) is 1. The first kappa shape index (κ1) is 18.0. The summed E-state index contributed by atoms with van der Waals surface area (Å²) >= 11 is 13.7. The Morgan fingerprint density at radius 3 is 2.74 bits per heavy atom. The summed E-state index contributed by atoms with van der Waals surface area (Å²) in [6.45, 7) is 3.51. The molecule has 1 N–H and O–H groups in total. The zero-order valence-corrected chi connectivity index (χ0v) is 15.8. The molecule has 0 amide bonds. The number of guanidine groups is 1. The van der Waals surface area contributed by atoms with Crippen LogP contribution >= 0.6 is 34.5 Å². The molecule has 0 spiro atoms. The second-order valence-corrected chi connectivity index (χ2v) is 7.06.